The van der Waals surface area contributed by atoms with Gasteiger partial charge in [-0.15, -0.1) is 11.8 Å². The Labute approximate surface area is 128 Å². The number of nitrogens with zero attached hydrogens (tertiary/aromatic N) is 1. The molecule has 0 saturated carbocycles. The molecule has 0 aliphatic carbocycles. The van der Waals surface area contributed by atoms with E-state index in [4.69, 9.17) is 11.6 Å². The van der Waals surface area contributed by atoms with Gasteiger partial charge in [-0.3, -0.25) is 10.1 Å². The molecule has 2 rings (SSSR count). The van der Waals surface area contributed by atoms with Gasteiger partial charge >= 0.3 is 0 Å². The molecule has 0 atom stereocenters. The molecule has 98 valence electrons. The first-order valence-electron chi connectivity index (χ1n) is 5.38. The molecule has 0 N–H and O–H groups in total. The average Bonchev–Trinajstić information content (AvgIpc) is 2.39. The van der Waals surface area contributed by atoms with Gasteiger partial charge in [0.25, 0.3) is 5.69 Å². The van der Waals surface area contributed by atoms with Crippen molar-refractivity contribution in [2.75, 3.05) is 0 Å². The molecule has 6 heteroatoms. The summed E-state index contributed by atoms with van der Waals surface area (Å²) in [6, 6.07) is 12.3. The van der Waals surface area contributed by atoms with Gasteiger partial charge in [0.05, 0.1) is 4.92 Å². The van der Waals surface area contributed by atoms with Crippen LogP contribution in [0.2, 0.25) is 5.02 Å². The van der Waals surface area contributed by atoms with Crippen LogP contribution < -0.4 is 0 Å². The summed E-state index contributed by atoms with van der Waals surface area (Å²) >= 11 is 11.1. The molecule has 0 aliphatic rings. The molecular weight excluding hydrogens is 350 g/mol. The van der Waals surface area contributed by atoms with E-state index < -0.39 is 4.92 Å². The zero-order valence-corrected chi connectivity index (χ0v) is 12.8. The van der Waals surface area contributed by atoms with Crippen molar-refractivity contribution in [2.45, 2.75) is 10.6 Å². The second-order valence-electron chi connectivity index (χ2n) is 3.75. The monoisotopic (exact) mass is 357 g/mol. The van der Waals surface area contributed by atoms with E-state index in [2.05, 4.69) is 15.9 Å². The van der Waals surface area contributed by atoms with Crippen molar-refractivity contribution in [1.29, 1.82) is 0 Å². The van der Waals surface area contributed by atoms with Crippen LogP contribution >= 0.6 is 39.3 Å². The Balaban J connectivity index is 2.17. The van der Waals surface area contributed by atoms with E-state index in [1.54, 1.807) is 17.8 Å². The molecule has 0 heterocycles. The van der Waals surface area contributed by atoms with E-state index in [1.807, 2.05) is 24.3 Å². The van der Waals surface area contributed by atoms with Crippen LogP contribution in [0.3, 0.4) is 0 Å². The van der Waals surface area contributed by atoms with Crippen LogP contribution in [-0.4, -0.2) is 4.92 Å². The van der Waals surface area contributed by atoms with Crippen LogP contribution in [0.15, 0.2) is 51.8 Å². The van der Waals surface area contributed by atoms with Gasteiger partial charge < -0.3 is 0 Å². The highest BCUT2D eigenvalue weighted by molar-refractivity contribution is 9.10. The van der Waals surface area contributed by atoms with Gasteiger partial charge in [-0.2, -0.15) is 0 Å². The standard InChI is InChI=1S/C13H9BrClNO2S/c14-11-3-1-2-4-13(11)19-8-9-7-10(16(17)18)5-6-12(9)15/h1-7H,8H2. The number of hydrogen-bond donors (Lipinski definition) is 0. The van der Waals surface area contributed by atoms with Crippen molar-refractivity contribution in [3.63, 3.8) is 0 Å². The van der Waals surface area contributed by atoms with Crippen LogP contribution in [0.4, 0.5) is 5.69 Å². The smallest absolute Gasteiger partial charge is 0.258 e. The number of nitro benzene ring substituents is 1. The number of non-ortho nitro benzene ring substituents is 1. The fourth-order valence-electron chi connectivity index (χ4n) is 1.50. The molecule has 2 aromatic rings. The average molecular weight is 359 g/mol. The molecule has 0 amide bonds. The predicted octanol–water partition coefficient (Wildman–Crippen LogP) is 5.30. The second-order valence-corrected chi connectivity index (χ2v) is 6.03. The Bertz CT molecular complexity index is 621. The molecule has 0 aromatic heterocycles. The minimum absolute atomic E-state index is 0.0622. The third-order valence-electron chi connectivity index (χ3n) is 2.46. The van der Waals surface area contributed by atoms with Gasteiger partial charge in [0.15, 0.2) is 0 Å². The topological polar surface area (TPSA) is 43.1 Å². The van der Waals surface area contributed by atoms with Crippen LogP contribution in [0, 0.1) is 10.1 Å². The normalized spacial score (nSPS) is 10.4. The quantitative estimate of drug-likeness (QED) is 0.423. The Kier molecular flexibility index (Phi) is 4.85. The molecule has 0 bridgehead atoms. The van der Waals surface area contributed by atoms with Crippen molar-refractivity contribution >= 4 is 45.0 Å². The number of nitro groups is 1. The highest BCUT2D eigenvalue weighted by Gasteiger charge is 2.10. The van der Waals surface area contributed by atoms with Gasteiger partial charge in [0.2, 0.25) is 0 Å². The van der Waals surface area contributed by atoms with E-state index in [-0.39, 0.29) is 5.69 Å². The lowest BCUT2D eigenvalue weighted by molar-refractivity contribution is -0.384. The summed E-state index contributed by atoms with van der Waals surface area (Å²) in [5.74, 6) is 0.586. The minimum atomic E-state index is -0.414. The van der Waals surface area contributed by atoms with Crippen molar-refractivity contribution in [1.82, 2.24) is 0 Å². The molecule has 0 spiro atoms. The number of thioether (sulfide) groups is 1. The lowest BCUT2D eigenvalue weighted by Gasteiger charge is -2.06. The van der Waals surface area contributed by atoms with Crippen LogP contribution in [0.25, 0.3) is 0 Å². The molecule has 2 aromatic carbocycles. The maximum absolute atomic E-state index is 10.7. The summed E-state index contributed by atoms with van der Waals surface area (Å²) in [7, 11) is 0. The summed E-state index contributed by atoms with van der Waals surface area (Å²) in [6.45, 7) is 0. The van der Waals surface area contributed by atoms with Crippen LogP contribution in [0.5, 0.6) is 0 Å². The SMILES string of the molecule is O=[N+]([O-])c1ccc(Cl)c(CSc2ccccc2Br)c1. The van der Waals surface area contributed by atoms with Gasteiger partial charge in [0, 0.05) is 32.3 Å². The van der Waals surface area contributed by atoms with Crippen molar-refractivity contribution < 1.29 is 4.92 Å². The Morgan fingerprint density at radius 2 is 2.00 bits per heavy atom. The first-order chi connectivity index (χ1) is 9.08. The molecule has 0 saturated heterocycles. The van der Waals surface area contributed by atoms with Crippen molar-refractivity contribution in [3.05, 3.63) is 67.6 Å². The van der Waals surface area contributed by atoms with Crippen LogP contribution in [0.1, 0.15) is 5.56 Å². The van der Waals surface area contributed by atoms with Gasteiger partial charge in [-0.25, -0.2) is 0 Å². The first-order valence-corrected chi connectivity index (χ1v) is 7.54. The highest BCUT2D eigenvalue weighted by Crippen LogP contribution is 2.32. The third-order valence-corrected chi connectivity index (χ3v) is 4.90. The number of rotatable bonds is 4. The third kappa shape index (κ3) is 3.72. The van der Waals surface area contributed by atoms with E-state index in [1.165, 1.54) is 12.1 Å². The Morgan fingerprint density at radius 3 is 2.68 bits per heavy atom. The van der Waals surface area contributed by atoms with E-state index in [0.29, 0.717) is 10.8 Å². The number of benzene rings is 2. The minimum Gasteiger partial charge on any atom is -0.258 e. The van der Waals surface area contributed by atoms with E-state index >= 15 is 0 Å². The summed E-state index contributed by atoms with van der Waals surface area (Å²) in [4.78, 5) is 11.4. The maximum Gasteiger partial charge on any atom is 0.269 e. The molecule has 19 heavy (non-hydrogen) atoms. The molecule has 3 nitrogen and oxygen atoms in total. The molecule has 0 aliphatic heterocycles. The zero-order valence-electron chi connectivity index (χ0n) is 9.68. The highest BCUT2D eigenvalue weighted by atomic mass is 79.9. The van der Waals surface area contributed by atoms with Crippen molar-refractivity contribution in [2.24, 2.45) is 0 Å². The lowest BCUT2D eigenvalue weighted by Crippen LogP contribution is -1.90. The van der Waals surface area contributed by atoms with Crippen molar-refractivity contribution in [3.8, 4) is 0 Å². The maximum atomic E-state index is 10.7. The number of halogens is 2. The van der Waals surface area contributed by atoms with E-state index in [9.17, 15) is 10.1 Å². The molecule has 0 fully saturated rings. The summed E-state index contributed by atoms with van der Waals surface area (Å²) in [6.07, 6.45) is 0. The van der Waals surface area contributed by atoms with Crippen LogP contribution in [-0.2, 0) is 5.75 Å². The summed E-state index contributed by atoms with van der Waals surface area (Å²) in [5, 5.41) is 11.3. The first kappa shape index (κ1) is 14.4. The fraction of sp³-hybridized carbons (Fsp3) is 0.0769. The van der Waals surface area contributed by atoms with Gasteiger partial charge in [-0.05, 0) is 39.7 Å². The number of hydrogen-bond acceptors (Lipinski definition) is 3. The Hall–Kier alpha value is -1.04. The Morgan fingerprint density at radius 1 is 1.26 bits per heavy atom. The molecular formula is C13H9BrClNO2S. The van der Waals surface area contributed by atoms with Gasteiger partial charge in [-0.1, -0.05) is 23.7 Å². The molecule has 0 radical (unpaired) electrons. The van der Waals surface area contributed by atoms with E-state index in [0.717, 1.165) is 14.9 Å². The zero-order chi connectivity index (χ0) is 13.8. The fourth-order valence-corrected chi connectivity index (χ4v) is 3.32. The summed E-state index contributed by atoms with van der Waals surface area (Å²) < 4.78 is 1.00. The largest absolute Gasteiger partial charge is 0.269 e. The lowest BCUT2D eigenvalue weighted by atomic mass is 10.2. The predicted molar refractivity (Wildman–Crippen MR) is 81.8 cm³/mol. The summed E-state index contributed by atoms with van der Waals surface area (Å²) in [5.41, 5.74) is 0.823. The second kappa shape index (κ2) is 6.41. The molecule has 0 unspecified atom stereocenters. The van der Waals surface area contributed by atoms with Gasteiger partial charge in [0.1, 0.15) is 0 Å².